The molecule has 3 rings (SSSR count). The van der Waals surface area contributed by atoms with Crippen molar-refractivity contribution in [1.29, 1.82) is 0 Å². The lowest BCUT2D eigenvalue weighted by molar-refractivity contribution is -0.139. The summed E-state index contributed by atoms with van der Waals surface area (Å²) in [5.41, 5.74) is 3.70. The summed E-state index contributed by atoms with van der Waals surface area (Å²) in [7, 11) is -4.13. The number of anilines is 1. The average Bonchev–Trinajstić information content (AvgIpc) is 2.86. The number of nitrogens with zero attached hydrogens (tertiary/aromatic N) is 2. The van der Waals surface area contributed by atoms with E-state index in [4.69, 9.17) is 11.6 Å². The van der Waals surface area contributed by atoms with E-state index in [0.29, 0.717) is 22.8 Å². The first-order chi connectivity index (χ1) is 17.9. The summed E-state index contributed by atoms with van der Waals surface area (Å²) in [6.45, 7) is 9.07. The van der Waals surface area contributed by atoms with Crippen LogP contribution < -0.4 is 9.62 Å². The Bertz CT molecular complexity index is 1410. The summed E-state index contributed by atoms with van der Waals surface area (Å²) >= 11 is 6.15. The van der Waals surface area contributed by atoms with Gasteiger partial charge in [0.25, 0.3) is 10.0 Å². The Hall–Kier alpha value is -3.36. The molecule has 0 aliphatic heterocycles. The van der Waals surface area contributed by atoms with Crippen molar-refractivity contribution in [2.24, 2.45) is 0 Å². The Morgan fingerprint density at radius 3 is 2.24 bits per heavy atom. The standard InChI is InChI=1S/C29H34ClN3O4S/c1-6-31-29(35)23(5)32(18-24-9-7-8-21(3)16-24)28(34)19-33(27-15-12-25(30)17-22(27)4)38(36,37)26-13-10-20(2)11-14-26/h7-17,23H,6,18-19H2,1-5H3,(H,31,35)/t23-/m1/s1. The van der Waals surface area contributed by atoms with Crippen LogP contribution in [0.5, 0.6) is 0 Å². The van der Waals surface area contributed by atoms with Crippen molar-refractivity contribution in [3.63, 3.8) is 0 Å². The molecule has 7 nitrogen and oxygen atoms in total. The van der Waals surface area contributed by atoms with Gasteiger partial charge in [-0.15, -0.1) is 0 Å². The Kier molecular flexibility index (Phi) is 9.57. The number of hydrogen-bond donors (Lipinski definition) is 1. The predicted octanol–water partition coefficient (Wildman–Crippen LogP) is 5.01. The van der Waals surface area contributed by atoms with Gasteiger partial charge in [0, 0.05) is 18.1 Å². The molecule has 0 fully saturated rings. The Labute approximate surface area is 230 Å². The van der Waals surface area contributed by atoms with E-state index in [-0.39, 0.29) is 17.3 Å². The molecule has 0 saturated carbocycles. The van der Waals surface area contributed by atoms with Gasteiger partial charge in [-0.25, -0.2) is 8.42 Å². The highest BCUT2D eigenvalue weighted by Gasteiger charge is 2.33. The SMILES string of the molecule is CCNC(=O)[C@@H](C)N(Cc1cccc(C)c1)C(=O)CN(c1ccc(Cl)cc1C)S(=O)(=O)c1ccc(C)cc1. The number of benzene rings is 3. The van der Waals surface area contributed by atoms with Gasteiger partial charge in [-0.3, -0.25) is 13.9 Å². The Morgan fingerprint density at radius 1 is 0.947 bits per heavy atom. The van der Waals surface area contributed by atoms with Gasteiger partial charge >= 0.3 is 0 Å². The third kappa shape index (κ3) is 6.94. The molecule has 202 valence electrons. The molecule has 9 heteroatoms. The van der Waals surface area contributed by atoms with Gasteiger partial charge in [0.2, 0.25) is 11.8 Å². The van der Waals surface area contributed by atoms with Gasteiger partial charge in [-0.05, 0) is 76.1 Å². The zero-order valence-electron chi connectivity index (χ0n) is 22.4. The average molecular weight is 556 g/mol. The first-order valence-corrected chi connectivity index (χ1v) is 14.2. The summed E-state index contributed by atoms with van der Waals surface area (Å²) in [4.78, 5) is 28.2. The molecule has 0 unspecified atom stereocenters. The summed E-state index contributed by atoms with van der Waals surface area (Å²) < 4.78 is 28.9. The topological polar surface area (TPSA) is 86.8 Å². The number of amides is 2. The van der Waals surface area contributed by atoms with E-state index in [9.17, 15) is 18.0 Å². The van der Waals surface area contributed by atoms with Crippen LogP contribution in [-0.4, -0.2) is 44.3 Å². The highest BCUT2D eigenvalue weighted by molar-refractivity contribution is 7.92. The van der Waals surface area contributed by atoms with Crippen molar-refractivity contribution >= 4 is 39.1 Å². The van der Waals surface area contributed by atoms with Gasteiger partial charge in [0.1, 0.15) is 12.6 Å². The number of hydrogen-bond acceptors (Lipinski definition) is 4. The molecule has 0 radical (unpaired) electrons. The molecule has 3 aromatic rings. The molecule has 0 aromatic heterocycles. The molecule has 1 N–H and O–H groups in total. The number of halogens is 1. The molecule has 0 spiro atoms. The highest BCUT2D eigenvalue weighted by atomic mass is 35.5. The Balaban J connectivity index is 2.07. The number of aryl methyl sites for hydroxylation is 3. The molecule has 0 saturated heterocycles. The largest absolute Gasteiger partial charge is 0.355 e. The molecule has 0 bridgehead atoms. The van der Waals surface area contributed by atoms with Crippen LogP contribution in [0, 0.1) is 20.8 Å². The lowest BCUT2D eigenvalue weighted by Gasteiger charge is -2.32. The smallest absolute Gasteiger partial charge is 0.264 e. The van der Waals surface area contributed by atoms with Crippen molar-refractivity contribution in [3.8, 4) is 0 Å². The first kappa shape index (κ1) is 29.2. The van der Waals surface area contributed by atoms with E-state index in [1.807, 2.05) is 38.1 Å². The molecule has 2 amide bonds. The predicted molar refractivity (Wildman–Crippen MR) is 152 cm³/mol. The second-order valence-electron chi connectivity index (χ2n) is 9.34. The zero-order chi connectivity index (χ0) is 28.0. The number of likely N-dealkylation sites (N-methyl/N-ethyl adjacent to an activating group) is 1. The minimum absolute atomic E-state index is 0.0623. The Morgan fingerprint density at radius 2 is 1.63 bits per heavy atom. The molecule has 0 aliphatic rings. The van der Waals surface area contributed by atoms with Crippen molar-refractivity contribution in [3.05, 3.63) is 94.0 Å². The van der Waals surface area contributed by atoms with E-state index < -0.39 is 28.5 Å². The molecular formula is C29H34ClN3O4S. The molecule has 0 aliphatic carbocycles. The second kappa shape index (κ2) is 12.5. The van der Waals surface area contributed by atoms with Crippen LogP contribution in [-0.2, 0) is 26.2 Å². The maximum absolute atomic E-state index is 13.9. The van der Waals surface area contributed by atoms with Crippen LogP contribution >= 0.6 is 11.6 Å². The third-order valence-corrected chi connectivity index (χ3v) is 8.28. The fraction of sp³-hybridized carbons (Fsp3) is 0.310. The van der Waals surface area contributed by atoms with Gasteiger partial charge in [0.05, 0.1) is 10.6 Å². The van der Waals surface area contributed by atoms with E-state index >= 15 is 0 Å². The minimum Gasteiger partial charge on any atom is -0.355 e. The molecule has 3 aromatic carbocycles. The van der Waals surface area contributed by atoms with Gasteiger partial charge in [0.15, 0.2) is 0 Å². The molecular weight excluding hydrogens is 522 g/mol. The van der Waals surface area contributed by atoms with E-state index in [1.54, 1.807) is 51.1 Å². The van der Waals surface area contributed by atoms with E-state index in [1.165, 1.54) is 17.0 Å². The van der Waals surface area contributed by atoms with Gasteiger partial charge < -0.3 is 10.2 Å². The summed E-state index contributed by atoms with van der Waals surface area (Å²) in [6.07, 6.45) is 0. The maximum Gasteiger partial charge on any atom is 0.264 e. The quantitative estimate of drug-likeness (QED) is 0.381. The number of rotatable bonds is 10. The van der Waals surface area contributed by atoms with Crippen LogP contribution in [0.2, 0.25) is 5.02 Å². The van der Waals surface area contributed by atoms with Crippen LogP contribution in [0.1, 0.15) is 36.1 Å². The van der Waals surface area contributed by atoms with Crippen LogP contribution in [0.15, 0.2) is 71.6 Å². The fourth-order valence-electron chi connectivity index (χ4n) is 4.16. The minimum atomic E-state index is -4.13. The molecule has 1 atom stereocenters. The lowest BCUT2D eigenvalue weighted by Crippen LogP contribution is -2.51. The monoisotopic (exact) mass is 555 g/mol. The van der Waals surface area contributed by atoms with Gasteiger partial charge in [-0.2, -0.15) is 0 Å². The van der Waals surface area contributed by atoms with Crippen molar-refractivity contribution in [2.75, 3.05) is 17.4 Å². The summed E-state index contributed by atoms with van der Waals surface area (Å²) in [5.74, 6) is -0.820. The van der Waals surface area contributed by atoms with Gasteiger partial charge in [-0.1, -0.05) is 59.1 Å². The molecule has 38 heavy (non-hydrogen) atoms. The van der Waals surface area contributed by atoms with E-state index in [2.05, 4.69) is 5.32 Å². The second-order valence-corrected chi connectivity index (χ2v) is 11.6. The van der Waals surface area contributed by atoms with Crippen molar-refractivity contribution in [2.45, 2.75) is 52.1 Å². The molecule has 0 heterocycles. The third-order valence-electron chi connectivity index (χ3n) is 6.27. The van der Waals surface area contributed by atoms with Crippen molar-refractivity contribution in [1.82, 2.24) is 10.2 Å². The summed E-state index contributed by atoms with van der Waals surface area (Å²) in [6, 6.07) is 18.1. The number of sulfonamides is 1. The highest BCUT2D eigenvalue weighted by Crippen LogP contribution is 2.29. The summed E-state index contributed by atoms with van der Waals surface area (Å²) in [5, 5.41) is 3.21. The number of carbonyl (C=O) groups is 2. The zero-order valence-corrected chi connectivity index (χ0v) is 23.9. The van der Waals surface area contributed by atoms with Crippen LogP contribution in [0.4, 0.5) is 5.69 Å². The van der Waals surface area contributed by atoms with Crippen LogP contribution in [0.25, 0.3) is 0 Å². The number of carbonyl (C=O) groups excluding carboxylic acids is 2. The lowest BCUT2D eigenvalue weighted by atomic mass is 10.1. The van der Waals surface area contributed by atoms with E-state index in [0.717, 1.165) is 21.0 Å². The fourth-order valence-corrected chi connectivity index (χ4v) is 5.87. The number of nitrogens with one attached hydrogen (secondary N) is 1. The normalized spacial score (nSPS) is 12.1. The van der Waals surface area contributed by atoms with Crippen LogP contribution in [0.3, 0.4) is 0 Å². The first-order valence-electron chi connectivity index (χ1n) is 12.4. The maximum atomic E-state index is 13.9. The van der Waals surface area contributed by atoms with Crippen molar-refractivity contribution < 1.29 is 18.0 Å².